The maximum Gasteiger partial charge on any atom is 0.382 e. The Hall–Kier alpha value is -3.42. The van der Waals surface area contributed by atoms with E-state index in [0.29, 0.717) is 0 Å². The molecule has 0 rings (SSSR count). The first-order chi connectivity index (χ1) is 21.5. The molecule has 0 bridgehead atoms. The molecule has 0 aliphatic rings. The maximum atomic E-state index is 10.3. The van der Waals surface area contributed by atoms with Gasteiger partial charge in [-0.2, -0.15) is 0 Å². The summed E-state index contributed by atoms with van der Waals surface area (Å²) >= 11 is 0. The first-order valence-corrected chi connectivity index (χ1v) is 17.1. The second-order valence-corrected chi connectivity index (χ2v) is 10.8. The number of carboxylic acid groups (broad SMARTS) is 2. The minimum Gasteiger partial charge on any atom is -0.481 e. The highest BCUT2D eigenvalue weighted by atomic mass is 16.4. The van der Waals surface area contributed by atoms with Gasteiger partial charge in [-0.05, 0) is 75.0 Å². The Morgan fingerprint density at radius 3 is 1.43 bits per heavy atom. The lowest BCUT2D eigenvalue weighted by atomic mass is 10.1. The van der Waals surface area contributed by atoms with Gasteiger partial charge < -0.3 is 10.2 Å². The number of carboxylic acids is 2. The van der Waals surface area contributed by atoms with Gasteiger partial charge in [0.2, 0.25) is 0 Å². The molecular weight excluding hydrogens is 544 g/mol. The number of hydrogen-bond donors (Lipinski definition) is 2. The molecule has 4 nitrogen and oxygen atoms in total. The van der Waals surface area contributed by atoms with Crippen molar-refractivity contribution in [1.82, 2.24) is 0 Å². The van der Waals surface area contributed by atoms with E-state index in [9.17, 15) is 9.59 Å². The summed E-state index contributed by atoms with van der Waals surface area (Å²) in [6.45, 7) is 4.49. The van der Waals surface area contributed by atoms with Crippen molar-refractivity contribution in [2.75, 3.05) is 0 Å². The van der Waals surface area contributed by atoms with Gasteiger partial charge in [0, 0.05) is 18.8 Å². The number of unbranched alkanes of at least 4 members (excludes halogenated alkanes) is 15. The fourth-order valence-electron chi connectivity index (χ4n) is 4.06. The molecule has 0 aliphatic carbocycles. The highest BCUT2D eigenvalue weighted by Gasteiger charge is 1.93. The molecule has 244 valence electrons. The SMILES string of the molecule is CCCCC/C=C\C/C=C\C/C=C\C/C=C\CCCC(=O)O.CCCCCCCCCCCCCC#CC#CC#CC(=O)O. The highest BCUT2D eigenvalue weighted by molar-refractivity contribution is 5.87. The lowest BCUT2D eigenvalue weighted by molar-refractivity contribution is -0.137. The van der Waals surface area contributed by atoms with Gasteiger partial charge in [-0.1, -0.05) is 145 Å². The molecule has 0 aliphatic heterocycles. The summed E-state index contributed by atoms with van der Waals surface area (Å²) < 4.78 is 0. The van der Waals surface area contributed by atoms with Gasteiger partial charge in [0.15, 0.2) is 0 Å². The standard InChI is InChI=1S/C20H32O2.C20H28O2/c2*1-2-3-4-5-6-7-8-9-10-11-12-13-14-15-16-17-18-19-20(21)22/h6-7,9-10,12-13,15-16H,2-5,8,11,14,17-19H2,1H3,(H,21,22);2-13H2,1H3,(H,21,22)/b7-6-,10-9-,13-12-,16-15-;. The van der Waals surface area contributed by atoms with Crippen molar-refractivity contribution < 1.29 is 19.8 Å². The summed E-state index contributed by atoms with van der Waals surface area (Å²) in [7, 11) is 0. The second-order valence-electron chi connectivity index (χ2n) is 10.8. The molecule has 0 saturated carbocycles. The molecule has 0 atom stereocenters. The van der Waals surface area contributed by atoms with Crippen molar-refractivity contribution in [3.8, 4) is 35.5 Å². The largest absolute Gasteiger partial charge is 0.481 e. The molecule has 0 aromatic carbocycles. The molecule has 0 saturated heterocycles. The molecule has 0 unspecified atom stereocenters. The van der Waals surface area contributed by atoms with Crippen LogP contribution in [0.15, 0.2) is 48.6 Å². The number of allylic oxidation sites excluding steroid dienone is 8. The Labute approximate surface area is 270 Å². The van der Waals surface area contributed by atoms with Crippen LogP contribution in [0.25, 0.3) is 0 Å². The molecule has 0 heterocycles. The molecule has 0 aromatic heterocycles. The molecule has 2 N–H and O–H groups in total. The summed E-state index contributed by atoms with van der Waals surface area (Å²) in [6.07, 6.45) is 42.9. The first-order valence-electron chi connectivity index (χ1n) is 17.1. The van der Waals surface area contributed by atoms with Gasteiger partial charge in [-0.15, -0.1) is 0 Å². The third kappa shape index (κ3) is 45.6. The summed E-state index contributed by atoms with van der Waals surface area (Å²) in [6, 6.07) is 0. The van der Waals surface area contributed by atoms with Crippen molar-refractivity contribution in [2.45, 2.75) is 155 Å². The first kappa shape index (κ1) is 42.7. The Balaban J connectivity index is 0. The normalized spacial score (nSPS) is 10.6. The van der Waals surface area contributed by atoms with E-state index in [4.69, 9.17) is 10.2 Å². The van der Waals surface area contributed by atoms with Gasteiger partial charge in [0.25, 0.3) is 0 Å². The third-order valence-corrected chi connectivity index (χ3v) is 6.57. The minimum absolute atomic E-state index is 0.262. The van der Waals surface area contributed by atoms with Gasteiger partial charge in [0.1, 0.15) is 0 Å². The lowest BCUT2D eigenvalue weighted by Gasteiger charge is -2.01. The lowest BCUT2D eigenvalue weighted by Crippen LogP contribution is -1.92. The van der Waals surface area contributed by atoms with Crippen LogP contribution in [0.3, 0.4) is 0 Å². The summed E-state index contributed by atoms with van der Waals surface area (Å²) in [4.78, 5) is 20.4. The molecular formula is C40H60O4. The molecule has 0 amide bonds. The molecule has 0 spiro atoms. The zero-order valence-electron chi connectivity index (χ0n) is 27.9. The molecule has 4 heteroatoms. The fraction of sp³-hybridized carbons (Fsp3) is 0.600. The third-order valence-electron chi connectivity index (χ3n) is 6.57. The number of rotatable bonds is 25. The van der Waals surface area contributed by atoms with Gasteiger partial charge in [-0.25, -0.2) is 4.79 Å². The van der Waals surface area contributed by atoms with E-state index >= 15 is 0 Å². The van der Waals surface area contributed by atoms with Crippen LogP contribution in [0.4, 0.5) is 0 Å². The number of aliphatic carboxylic acids is 2. The van der Waals surface area contributed by atoms with Crippen LogP contribution < -0.4 is 0 Å². The van der Waals surface area contributed by atoms with Crippen LogP contribution >= 0.6 is 0 Å². The second kappa shape index (κ2) is 39.6. The van der Waals surface area contributed by atoms with Crippen LogP contribution in [0, 0.1) is 35.5 Å². The van der Waals surface area contributed by atoms with Gasteiger partial charge >= 0.3 is 11.9 Å². The molecule has 0 fully saturated rings. The average Bonchev–Trinajstić information content (AvgIpc) is 3.00. The van der Waals surface area contributed by atoms with Crippen molar-refractivity contribution in [2.24, 2.45) is 0 Å². The predicted octanol–water partition coefficient (Wildman–Crippen LogP) is 11.0. The van der Waals surface area contributed by atoms with Crippen LogP contribution in [0.2, 0.25) is 0 Å². The molecule has 0 aromatic rings. The maximum absolute atomic E-state index is 10.3. The van der Waals surface area contributed by atoms with E-state index in [2.05, 4.69) is 92.1 Å². The van der Waals surface area contributed by atoms with E-state index < -0.39 is 11.9 Å². The smallest absolute Gasteiger partial charge is 0.382 e. The van der Waals surface area contributed by atoms with E-state index in [0.717, 1.165) is 44.9 Å². The zero-order valence-corrected chi connectivity index (χ0v) is 27.9. The van der Waals surface area contributed by atoms with Gasteiger partial charge in [-0.3, -0.25) is 4.79 Å². The van der Waals surface area contributed by atoms with E-state index in [1.165, 1.54) is 89.9 Å². The topological polar surface area (TPSA) is 74.6 Å². The van der Waals surface area contributed by atoms with Crippen LogP contribution in [0.1, 0.15) is 155 Å². The van der Waals surface area contributed by atoms with Gasteiger partial charge in [0.05, 0.1) is 0 Å². The minimum atomic E-state index is -1.16. The highest BCUT2D eigenvalue weighted by Crippen LogP contribution is 2.11. The Kier molecular flexibility index (Phi) is 38.4. The summed E-state index contributed by atoms with van der Waals surface area (Å²) in [5, 5.41) is 16.8. The van der Waals surface area contributed by atoms with Crippen molar-refractivity contribution in [1.29, 1.82) is 0 Å². The molecule has 0 radical (unpaired) electrons. The summed E-state index contributed by atoms with van der Waals surface area (Å²) in [5.41, 5.74) is 0. The summed E-state index contributed by atoms with van der Waals surface area (Å²) in [5.74, 6) is 12.8. The van der Waals surface area contributed by atoms with E-state index in [1.54, 1.807) is 0 Å². The fourth-order valence-corrected chi connectivity index (χ4v) is 4.06. The van der Waals surface area contributed by atoms with E-state index in [-0.39, 0.29) is 6.42 Å². The Morgan fingerprint density at radius 1 is 0.500 bits per heavy atom. The molecule has 44 heavy (non-hydrogen) atoms. The Bertz CT molecular complexity index is 980. The Morgan fingerprint density at radius 2 is 0.932 bits per heavy atom. The van der Waals surface area contributed by atoms with E-state index in [1.807, 2.05) is 5.92 Å². The van der Waals surface area contributed by atoms with Crippen molar-refractivity contribution in [3.05, 3.63) is 48.6 Å². The predicted molar refractivity (Wildman–Crippen MR) is 188 cm³/mol. The van der Waals surface area contributed by atoms with Crippen molar-refractivity contribution in [3.63, 3.8) is 0 Å². The number of hydrogen-bond acceptors (Lipinski definition) is 2. The van der Waals surface area contributed by atoms with Crippen molar-refractivity contribution >= 4 is 11.9 Å². The van der Waals surface area contributed by atoms with Crippen LogP contribution in [-0.2, 0) is 9.59 Å². The zero-order chi connectivity index (χ0) is 32.6. The average molecular weight is 605 g/mol. The van der Waals surface area contributed by atoms with Crippen LogP contribution in [0.5, 0.6) is 0 Å². The monoisotopic (exact) mass is 604 g/mol. The van der Waals surface area contributed by atoms with Crippen LogP contribution in [-0.4, -0.2) is 22.2 Å². The number of carbonyl (C=O) groups is 2. The quantitative estimate of drug-likeness (QED) is 0.0617.